The number of likely N-dealkylation sites (N-methyl/N-ethyl adjacent to an activating group) is 1. The highest BCUT2D eigenvalue weighted by molar-refractivity contribution is 6.31. The van der Waals surface area contributed by atoms with Gasteiger partial charge in [-0.3, -0.25) is 43.7 Å². The summed E-state index contributed by atoms with van der Waals surface area (Å²) in [4.78, 5) is 135. The summed E-state index contributed by atoms with van der Waals surface area (Å²) in [6.07, 6.45) is -7.21. The van der Waals surface area contributed by atoms with Gasteiger partial charge in [0.05, 0.1) is 30.2 Å². The molecule has 0 saturated carbocycles. The number of benzene rings is 4. The number of phenols is 3. The number of fused-ring (bicyclic) bond motifs is 14. The molecular weight excluding hydrogens is 1400 g/mol. The maximum Gasteiger partial charge on any atom is 0.321 e. The van der Waals surface area contributed by atoms with Crippen molar-refractivity contribution in [2.75, 3.05) is 20.2 Å². The number of rotatable bonds is 18. The minimum absolute atomic E-state index is 0.0333. The molecular formula is C73H93ClN10O22. The number of nitrogens with one attached hydrogen (secondary N) is 10. The number of carbonyl (C=O) groups excluding carboxylic acids is 9. The molecule has 0 spiro atoms. The van der Waals surface area contributed by atoms with Gasteiger partial charge in [0.1, 0.15) is 95.5 Å². The fraction of sp³-hybridized carbons (Fsp3) is 0.493. The van der Waals surface area contributed by atoms with Crippen molar-refractivity contribution in [3.63, 3.8) is 0 Å². The smallest absolute Gasteiger partial charge is 0.321 e. The van der Waals surface area contributed by atoms with Gasteiger partial charge in [0.2, 0.25) is 59.3 Å². The number of aryl methyl sites for hydroxylation is 1. The molecule has 1 aliphatic carbocycles. The Morgan fingerprint density at radius 3 is 2.06 bits per heavy atom. The fourth-order valence-electron chi connectivity index (χ4n) is 13.0. The molecule has 0 aromatic heterocycles. The van der Waals surface area contributed by atoms with Gasteiger partial charge in [-0.25, -0.2) is 4.79 Å². The zero-order valence-electron chi connectivity index (χ0n) is 59.7. The fourth-order valence-corrected chi connectivity index (χ4v) is 13.3. The summed E-state index contributed by atoms with van der Waals surface area (Å²) in [6.45, 7) is 11.3. The van der Waals surface area contributed by atoms with Crippen LogP contribution in [-0.2, 0) is 43.1 Å². The highest BCUT2D eigenvalue weighted by Crippen LogP contribution is 2.48. The summed E-state index contributed by atoms with van der Waals surface area (Å²) >= 11 is 7.12. The van der Waals surface area contributed by atoms with Crippen LogP contribution in [-0.4, -0.2) is 186 Å². The van der Waals surface area contributed by atoms with E-state index in [-0.39, 0.29) is 69.7 Å². The van der Waals surface area contributed by atoms with E-state index >= 15 is 24.0 Å². The molecule has 32 nitrogen and oxygen atoms in total. The van der Waals surface area contributed by atoms with Gasteiger partial charge < -0.3 is 113 Å². The van der Waals surface area contributed by atoms with Crippen molar-refractivity contribution in [3.05, 3.63) is 111 Å². The van der Waals surface area contributed by atoms with Crippen LogP contribution in [0, 0.1) is 18.8 Å². The molecule has 15 atom stereocenters. The second-order valence-electron chi connectivity index (χ2n) is 28.4. The third-order valence-electron chi connectivity index (χ3n) is 18.5. The quantitative estimate of drug-likeness (QED) is 0.0636. The molecule has 19 N–H and O–H groups in total. The number of aliphatic hydroxyl groups is 6. The van der Waals surface area contributed by atoms with E-state index in [1.54, 1.807) is 20.8 Å². The number of amides is 10. The molecule has 574 valence electrons. The number of imide groups is 1. The lowest BCUT2D eigenvalue weighted by molar-refractivity contribution is -0.277. The molecule has 6 heterocycles. The Bertz CT molecular complexity index is 4050. The average Bonchev–Trinajstić information content (AvgIpc) is 0.767. The van der Waals surface area contributed by atoms with E-state index in [0.29, 0.717) is 6.42 Å². The van der Waals surface area contributed by atoms with E-state index in [4.69, 9.17) is 30.5 Å². The monoisotopic (exact) mass is 1500 g/mol. The first-order valence-corrected chi connectivity index (χ1v) is 35.4. The molecule has 7 aliphatic rings. The molecule has 10 amide bonds. The SMILES string of the molecule is CCCCCCCCNC(=O)NC(=O)C[C@@H]1NC(=O)[C@H](NC(=O)[C@@H](CC(C)C)NC)[C@H](O)c2ccc(c(C)c2)Oc2cc3cc(c2O[C@@H]2O[C@H](CO)[C@@H](O)[C@H](O)[C@H]2O)OC2=CC[C@@H](C=C2Cl)[C@@H](O)[C@@H]2NC(=O)[C@H](NC(=O)[C@@H]3NC1=O)c1ccc(O)c(c1)-c1c(O)cc(O)cc1[C@@H](C(=O)NC(C)(C)C)NC2=O. The van der Waals surface area contributed by atoms with E-state index in [1.807, 2.05) is 13.8 Å². The second-order valence-corrected chi connectivity index (χ2v) is 28.8. The third kappa shape index (κ3) is 19.1. The summed E-state index contributed by atoms with van der Waals surface area (Å²) < 4.78 is 25.5. The van der Waals surface area contributed by atoms with Crippen molar-refractivity contribution < 1.29 is 108 Å². The Hall–Kier alpha value is -9.64. The lowest BCUT2D eigenvalue weighted by Gasteiger charge is -2.40. The number of urea groups is 1. The predicted molar refractivity (Wildman–Crippen MR) is 379 cm³/mol. The minimum Gasteiger partial charge on any atom is -0.508 e. The largest absolute Gasteiger partial charge is 0.508 e. The topological polar surface area (TPSA) is 493 Å². The first-order valence-electron chi connectivity index (χ1n) is 35.0. The molecule has 11 bridgehead atoms. The van der Waals surface area contributed by atoms with Crippen LogP contribution >= 0.6 is 11.6 Å². The Balaban J connectivity index is 1.29. The first-order chi connectivity index (χ1) is 50.2. The Kier molecular flexibility index (Phi) is 26.4. The van der Waals surface area contributed by atoms with Crippen LogP contribution in [0.4, 0.5) is 4.79 Å². The maximum atomic E-state index is 16.2. The number of unbranched alkanes of at least 4 members (excludes halogenated alkanes) is 5. The van der Waals surface area contributed by atoms with Gasteiger partial charge in [0.25, 0.3) is 0 Å². The normalized spacial score (nSPS) is 25.8. The summed E-state index contributed by atoms with van der Waals surface area (Å²) in [5.74, 6) is -15.1. The molecule has 0 unspecified atom stereocenters. The summed E-state index contributed by atoms with van der Waals surface area (Å²) in [6, 6.07) is -3.37. The van der Waals surface area contributed by atoms with Crippen molar-refractivity contribution in [3.8, 4) is 51.4 Å². The van der Waals surface area contributed by atoms with Crippen molar-refractivity contribution in [1.29, 1.82) is 0 Å². The van der Waals surface area contributed by atoms with Crippen LogP contribution in [0.5, 0.6) is 40.2 Å². The Labute approximate surface area is 615 Å². The Morgan fingerprint density at radius 1 is 0.717 bits per heavy atom. The number of phenolic OH excluding ortho intramolecular Hbond substituents is 3. The molecule has 4 aromatic rings. The standard InChI is InChI=1S/C73H93ClN10O22/c1-9-10-11-12-13-14-21-76-72(102)78-51(89)30-43-65(96)79-54-37-26-48(103-46-19-16-35(23-33(46)4)58(90)56(68(99)77-43)82-64(95)42(75-8)22-32(2)3)63(106-71-62(94)61(93)60(92)50(31-85)105-71)49(27-37)104-47-20-17-36(25-41(47)74)59(91)57-69(100)81-55(70(101)84-73(5,6)7)40-28-38(86)29-45(88)52(40)39-24-34(15-18-44(39)87)53(66(97)83-57)80-67(54)98/h15-16,18-20,23-29,32,36,42-43,50,53-62,71,75,85-88,90-94H,9-14,17,21-22,30-31H2,1-8H3,(H,77,99)(H,79,96)(H,80,98)(H,81,100)(H,82,95)(H,83,97)(H,84,101)(H2,76,78,89,102)/t36-,42+,43-,50+,53+,54+,55-,56+,57-,58+,59+,60+,61-,62+,71-/m0/s1. The number of aliphatic hydroxyl groups excluding tert-OH is 6. The maximum absolute atomic E-state index is 16.2. The predicted octanol–water partition coefficient (Wildman–Crippen LogP) is 2.34. The zero-order chi connectivity index (χ0) is 77.3. The van der Waals surface area contributed by atoms with Crippen LogP contribution in [0.25, 0.3) is 11.1 Å². The molecule has 0 radical (unpaired) electrons. The van der Waals surface area contributed by atoms with Gasteiger partial charge in [-0.2, -0.15) is 0 Å². The summed E-state index contributed by atoms with van der Waals surface area (Å²) in [7, 11) is 1.50. The van der Waals surface area contributed by atoms with Gasteiger partial charge in [0.15, 0.2) is 11.5 Å². The molecule has 11 rings (SSSR count). The molecule has 6 aliphatic heterocycles. The number of allylic oxidation sites excluding steroid dienone is 2. The van der Waals surface area contributed by atoms with Crippen molar-refractivity contribution in [1.82, 2.24) is 53.2 Å². The molecule has 1 saturated heterocycles. The molecule has 106 heavy (non-hydrogen) atoms. The van der Waals surface area contributed by atoms with Crippen molar-refractivity contribution in [2.24, 2.45) is 11.8 Å². The highest BCUT2D eigenvalue weighted by atomic mass is 35.5. The van der Waals surface area contributed by atoms with Crippen molar-refractivity contribution >= 4 is 64.9 Å². The lowest BCUT2D eigenvalue weighted by atomic mass is 9.87. The van der Waals surface area contributed by atoms with Crippen LogP contribution in [0.1, 0.15) is 151 Å². The Morgan fingerprint density at radius 2 is 1.39 bits per heavy atom. The van der Waals surface area contributed by atoms with Crippen LogP contribution in [0.15, 0.2) is 83.6 Å². The summed E-state index contributed by atoms with van der Waals surface area (Å²) in [5.41, 5.74) is -2.68. The van der Waals surface area contributed by atoms with Gasteiger partial charge in [-0.05, 0) is 136 Å². The number of carbonyl (C=O) groups is 9. The number of hydrogen-bond donors (Lipinski definition) is 19. The van der Waals surface area contributed by atoms with Gasteiger partial charge in [-0.1, -0.05) is 82.7 Å². The van der Waals surface area contributed by atoms with Crippen LogP contribution < -0.4 is 67.4 Å². The first kappa shape index (κ1) is 80.5. The number of hydrogen-bond acceptors (Lipinski definition) is 23. The van der Waals surface area contributed by atoms with Gasteiger partial charge >= 0.3 is 6.03 Å². The van der Waals surface area contributed by atoms with Crippen LogP contribution in [0.3, 0.4) is 0 Å². The van der Waals surface area contributed by atoms with E-state index < -0.39 is 209 Å². The number of aromatic hydroxyl groups is 3. The second kappa shape index (κ2) is 34.7. The minimum atomic E-state index is -2.32. The average molecular weight is 1500 g/mol. The highest BCUT2D eigenvalue weighted by Gasteiger charge is 2.48. The number of halogens is 1. The third-order valence-corrected chi connectivity index (χ3v) is 18.9. The molecule has 4 aromatic carbocycles. The van der Waals surface area contributed by atoms with E-state index in [2.05, 4.69) is 60.1 Å². The van der Waals surface area contributed by atoms with Gasteiger partial charge in [0, 0.05) is 35.2 Å². The summed E-state index contributed by atoms with van der Waals surface area (Å²) in [5, 5.41) is 129. The van der Waals surface area contributed by atoms with Crippen molar-refractivity contribution in [2.45, 2.75) is 197 Å². The van der Waals surface area contributed by atoms with E-state index in [0.717, 1.165) is 74.6 Å². The zero-order valence-corrected chi connectivity index (χ0v) is 60.4. The molecule has 1 fully saturated rings. The lowest BCUT2D eigenvalue weighted by Crippen LogP contribution is -2.60. The van der Waals surface area contributed by atoms with Gasteiger partial charge in [-0.15, -0.1) is 0 Å². The van der Waals surface area contributed by atoms with E-state index in [9.17, 15) is 65.1 Å². The van der Waals surface area contributed by atoms with Crippen LogP contribution in [0.2, 0.25) is 0 Å². The molecule has 33 heteroatoms. The number of ether oxygens (including phenoxy) is 4. The van der Waals surface area contributed by atoms with E-state index in [1.165, 1.54) is 44.3 Å².